The average Bonchev–Trinajstić information content (AvgIpc) is 3.48. The van der Waals surface area contributed by atoms with E-state index in [0.717, 1.165) is 6.07 Å². The predicted molar refractivity (Wildman–Crippen MR) is 121 cm³/mol. The van der Waals surface area contributed by atoms with E-state index in [-0.39, 0.29) is 24.5 Å². The minimum atomic E-state index is -0.673. The van der Waals surface area contributed by atoms with Gasteiger partial charge in [-0.05, 0) is 35.9 Å². The number of aromatic nitrogens is 3. The molecule has 0 N–H and O–H groups in total. The summed E-state index contributed by atoms with van der Waals surface area (Å²) in [6.45, 7) is 0.343. The second-order valence-electron chi connectivity index (χ2n) is 8.33. The van der Waals surface area contributed by atoms with Gasteiger partial charge in [0.25, 0.3) is 5.88 Å². The molecule has 0 spiro atoms. The lowest BCUT2D eigenvalue weighted by Crippen LogP contribution is -2.59. The molecule has 1 unspecified atom stereocenters. The molecule has 2 aromatic heterocycles. The Balaban J connectivity index is 1.26. The number of halogens is 2. The second-order valence-corrected chi connectivity index (χ2v) is 8.33. The number of benzene rings is 1. The Kier molecular flexibility index (Phi) is 5.78. The van der Waals surface area contributed by atoms with Gasteiger partial charge in [0.2, 0.25) is 0 Å². The van der Waals surface area contributed by atoms with Crippen molar-refractivity contribution in [3.05, 3.63) is 64.9 Å². The maximum absolute atomic E-state index is 14.4. The number of carbonyl (C=O) groups excluding carboxylic acids is 1. The predicted octanol–water partition coefficient (Wildman–Crippen LogP) is 3.12. The van der Waals surface area contributed by atoms with Gasteiger partial charge in [0, 0.05) is 19.7 Å². The van der Waals surface area contributed by atoms with Crippen molar-refractivity contribution in [3.8, 4) is 29.4 Å². The molecule has 180 valence electrons. The number of hydrogen-bond acceptors (Lipinski definition) is 7. The Labute approximate surface area is 204 Å². The van der Waals surface area contributed by atoms with E-state index in [0.29, 0.717) is 28.9 Å². The van der Waals surface area contributed by atoms with Gasteiger partial charge in [-0.3, -0.25) is 4.68 Å². The lowest BCUT2D eigenvalue weighted by Gasteiger charge is -2.40. The Bertz CT molecular complexity index is 1470. The zero-order valence-electron chi connectivity index (χ0n) is 19.0. The van der Waals surface area contributed by atoms with E-state index in [4.69, 9.17) is 10.00 Å². The Morgan fingerprint density at radius 1 is 1.17 bits per heavy atom. The summed E-state index contributed by atoms with van der Waals surface area (Å²) in [5, 5.41) is 27.8. The van der Waals surface area contributed by atoms with Crippen LogP contribution >= 0.6 is 0 Å². The first-order valence-corrected chi connectivity index (χ1v) is 10.9. The van der Waals surface area contributed by atoms with Crippen LogP contribution in [0.25, 0.3) is 11.4 Å². The number of nitriles is 2. The van der Waals surface area contributed by atoms with Crippen LogP contribution < -0.4 is 4.74 Å². The number of amides is 2. The fourth-order valence-electron chi connectivity index (χ4n) is 4.18. The summed E-state index contributed by atoms with van der Waals surface area (Å²) in [6.07, 6.45) is 2.84. The summed E-state index contributed by atoms with van der Waals surface area (Å²) in [6, 6.07) is 9.56. The van der Waals surface area contributed by atoms with E-state index in [1.165, 1.54) is 45.1 Å². The first-order valence-electron chi connectivity index (χ1n) is 10.9. The van der Waals surface area contributed by atoms with Gasteiger partial charge >= 0.3 is 6.03 Å². The molecule has 1 fully saturated rings. The third-order valence-corrected chi connectivity index (χ3v) is 5.97. The van der Waals surface area contributed by atoms with E-state index >= 15 is 0 Å². The molecule has 0 saturated carbocycles. The van der Waals surface area contributed by atoms with E-state index < -0.39 is 29.8 Å². The Morgan fingerprint density at radius 2 is 1.97 bits per heavy atom. The molecule has 10 nitrogen and oxygen atoms in total. The highest BCUT2D eigenvalue weighted by molar-refractivity contribution is 5.79. The molecular weight excluding hydrogens is 470 g/mol. The summed E-state index contributed by atoms with van der Waals surface area (Å²) in [4.78, 5) is 18.7. The Morgan fingerprint density at radius 3 is 2.72 bits per heavy atom. The topological polar surface area (TPSA) is 123 Å². The van der Waals surface area contributed by atoms with Crippen LogP contribution in [0, 0.1) is 34.3 Å². The smallest absolute Gasteiger partial charge is 0.341 e. The highest BCUT2D eigenvalue weighted by atomic mass is 19.1. The quantitative estimate of drug-likeness (QED) is 0.556. The van der Waals surface area contributed by atoms with Crippen molar-refractivity contribution >= 4 is 12.2 Å². The third kappa shape index (κ3) is 4.09. The van der Waals surface area contributed by atoms with Gasteiger partial charge in [-0.15, -0.1) is 0 Å². The third-order valence-electron chi connectivity index (χ3n) is 5.97. The number of ether oxygens (including phenoxy) is 1. The normalized spacial score (nSPS) is 17.0. The van der Waals surface area contributed by atoms with Crippen LogP contribution in [0.3, 0.4) is 0 Å². The van der Waals surface area contributed by atoms with Gasteiger partial charge in [0.05, 0.1) is 48.2 Å². The largest absolute Gasteiger partial charge is 0.468 e. The average molecular weight is 488 g/mol. The molecule has 0 radical (unpaired) electrons. The summed E-state index contributed by atoms with van der Waals surface area (Å²) >= 11 is 0. The SMILES string of the molecule is Cn1ncc(C#N)c1-c1ccc(F)c(OC2CN(C(=O)N3N=CCC3c3cc(F)cc(C#N)c3)C2)n1. The maximum Gasteiger partial charge on any atom is 0.341 e. The van der Waals surface area contributed by atoms with E-state index in [1.807, 2.05) is 12.1 Å². The highest BCUT2D eigenvalue weighted by Gasteiger charge is 2.39. The minimum Gasteiger partial charge on any atom is -0.468 e. The van der Waals surface area contributed by atoms with Gasteiger partial charge in [-0.1, -0.05) is 0 Å². The molecule has 3 aromatic rings. The molecule has 0 bridgehead atoms. The molecule has 1 atom stereocenters. The van der Waals surface area contributed by atoms with E-state index in [1.54, 1.807) is 13.3 Å². The summed E-state index contributed by atoms with van der Waals surface area (Å²) in [7, 11) is 1.65. The summed E-state index contributed by atoms with van der Waals surface area (Å²) < 4.78 is 35.5. The second kappa shape index (κ2) is 9.07. The van der Waals surface area contributed by atoms with Crippen molar-refractivity contribution in [2.45, 2.75) is 18.6 Å². The zero-order valence-corrected chi connectivity index (χ0v) is 19.0. The van der Waals surface area contributed by atoms with Gasteiger partial charge in [-0.25, -0.2) is 23.6 Å². The van der Waals surface area contributed by atoms with Crippen LogP contribution in [0.5, 0.6) is 5.88 Å². The number of rotatable bonds is 4. The minimum absolute atomic E-state index is 0.159. The molecule has 2 aliphatic rings. The molecule has 2 amide bonds. The number of hydrogen-bond donors (Lipinski definition) is 0. The van der Waals surface area contributed by atoms with Crippen LogP contribution in [0.2, 0.25) is 0 Å². The lowest BCUT2D eigenvalue weighted by atomic mass is 10.0. The van der Waals surface area contributed by atoms with Gasteiger partial charge < -0.3 is 9.64 Å². The molecular formula is C24H18F2N8O2. The number of urea groups is 1. The fraction of sp³-hybridized carbons (Fsp3) is 0.250. The van der Waals surface area contributed by atoms with Crippen molar-refractivity contribution < 1.29 is 18.3 Å². The van der Waals surface area contributed by atoms with Crippen LogP contribution in [-0.2, 0) is 7.05 Å². The standard InChI is InChI=1S/C24H18F2N8O2/c1-32-22(16(10-28)11-30-32)20-3-2-19(26)23(31-20)36-18-12-33(13-18)24(35)34-21(4-5-29-34)15-6-14(9-27)7-17(25)8-15/h2-3,5-8,11,18,21H,4,12-13H2,1H3. The number of hydrazone groups is 1. The van der Waals surface area contributed by atoms with E-state index in [9.17, 15) is 18.8 Å². The van der Waals surface area contributed by atoms with E-state index in [2.05, 4.69) is 15.2 Å². The first-order chi connectivity index (χ1) is 17.4. The van der Waals surface area contributed by atoms with Gasteiger partial charge in [0.1, 0.15) is 23.7 Å². The molecule has 1 aromatic carbocycles. The van der Waals surface area contributed by atoms with Crippen LogP contribution in [0.4, 0.5) is 13.6 Å². The fourth-order valence-corrected chi connectivity index (χ4v) is 4.18. The van der Waals surface area contributed by atoms with Gasteiger partial charge in [-0.2, -0.15) is 20.7 Å². The number of carbonyl (C=O) groups is 1. The summed E-state index contributed by atoms with van der Waals surface area (Å²) in [5.74, 6) is -1.48. The molecule has 12 heteroatoms. The maximum atomic E-state index is 14.4. The molecule has 2 aliphatic heterocycles. The monoisotopic (exact) mass is 488 g/mol. The highest BCUT2D eigenvalue weighted by Crippen LogP contribution is 2.32. The zero-order chi connectivity index (χ0) is 25.4. The Hall–Kier alpha value is -4.84. The molecule has 5 rings (SSSR count). The molecule has 0 aliphatic carbocycles. The van der Waals surface area contributed by atoms with Crippen LogP contribution in [-0.4, -0.2) is 56.1 Å². The van der Waals surface area contributed by atoms with Gasteiger partial charge in [0.15, 0.2) is 5.82 Å². The van der Waals surface area contributed by atoms with Crippen molar-refractivity contribution in [1.82, 2.24) is 24.7 Å². The van der Waals surface area contributed by atoms with Crippen molar-refractivity contribution in [2.24, 2.45) is 12.1 Å². The van der Waals surface area contributed by atoms with Crippen LogP contribution in [0.15, 0.2) is 41.6 Å². The number of aryl methyl sites for hydroxylation is 1. The first kappa shape index (κ1) is 22.9. The van der Waals surface area contributed by atoms with Crippen molar-refractivity contribution in [1.29, 1.82) is 10.5 Å². The van der Waals surface area contributed by atoms with Crippen molar-refractivity contribution in [2.75, 3.05) is 13.1 Å². The van der Waals surface area contributed by atoms with Crippen LogP contribution in [0.1, 0.15) is 29.2 Å². The lowest BCUT2D eigenvalue weighted by molar-refractivity contribution is 0.0231. The number of pyridine rings is 1. The number of likely N-dealkylation sites (tertiary alicyclic amines) is 1. The molecule has 36 heavy (non-hydrogen) atoms. The number of nitrogens with zero attached hydrogens (tertiary/aromatic N) is 8. The van der Waals surface area contributed by atoms with Crippen molar-refractivity contribution in [3.63, 3.8) is 0 Å². The molecule has 4 heterocycles. The molecule has 1 saturated heterocycles. The summed E-state index contributed by atoms with van der Waals surface area (Å²) in [5.41, 5.74) is 1.69.